The van der Waals surface area contributed by atoms with Crippen molar-refractivity contribution in [1.82, 2.24) is 5.32 Å². The summed E-state index contributed by atoms with van der Waals surface area (Å²) in [6.45, 7) is 1.66. The topological polar surface area (TPSA) is 307 Å². The first-order chi connectivity index (χ1) is 44.8. The third-order valence-corrected chi connectivity index (χ3v) is 17.8. The van der Waals surface area contributed by atoms with Gasteiger partial charge >= 0.3 is 0 Å². The number of hydrogen-bond acceptors (Lipinski definition) is 18. The Bertz CT molecular complexity index is 1950. The maximum Gasteiger partial charge on any atom is 0.220 e. The molecule has 3 fully saturated rings. The van der Waals surface area contributed by atoms with E-state index in [4.69, 9.17) is 28.4 Å². The molecule has 3 heterocycles. The van der Waals surface area contributed by atoms with Crippen molar-refractivity contribution in [3.8, 4) is 0 Å². The van der Waals surface area contributed by atoms with Crippen LogP contribution in [-0.4, -0.2) is 193 Å². The lowest BCUT2D eigenvalue weighted by Gasteiger charge is -2.48. The molecule has 12 N–H and O–H groups in total. The Morgan fingerprint density at radius 3 is 1.17 bits per heavy atom. The summed E-state index contributed by atoms with van der Waals surface area (Å²) in [6, 6.07) is -0.887. The van der Waals surface area contributed by atoms with E-state index in [-0.39, 0.29) is 18.9 Å². The van der Waals surface area contributed by atoms with Gasteiger partial charge in [0.2, 0.25) is 5.91 Å². The first-order valence-corrected chi connectivity index (χ1v) is 36.2. The van der Waals surface area contributed by atoms with Crippen LogP contribution in [0.5, 0.6) is 0 Å². The largest absolute Gasteiger partial charge is 0.394 e. The van der Waals surface area contributed by atoms with E-state index < -0.39 is 124 Å². The minimum Gasteiger partial charge on any atom is -0.394 e. The molecule has 534 valence electrons. The Morgan fingerprint density at radius 2 is 0.750 bits per heavy atom. The third kappa shape index (κ3) is 35.5. The summed E-state index contributed by atoms with van der Waals surface area (Å²) in [6.07, 6.45) is 41.6. The minimum absolute atomic E-state index is 0.244. The summed E-state index contributed by atoms with van der Waals surface area (Å²) in [5, 5.41) is 120. The fraction of sp³-hybridized carbons (Fsp3) is 0.822. The molecule has 0 aromatic rings. The Labute approximate surface area is 553 Å². The van der Waals surface area contributed by atoms with Gasteiger partial charge in [-0.25, -0.2) is 0 Å². The van der Waals surface area contributed by atoms with Gasteiger partial charge in [-0.05, 0) is 64.2 Å². The van der Waals surface area contributed by atoms with Crippen LogP contribution < -0.4 is 5.32 Å². The maximum absolute atomic E-state index is 13.4. The molecule has 0 radical (unpaired) electrons. The van der Waals surface area contributed by atoms with Crippen molar-refractivity contribution >= 4 is 5.91 Å². The number of carbonyl (C=O) groups excluding carboxylic acids is 1. The van der Waals surface area contributed by atoms with E-state index in [1.54, 1.807) is 0 Å². The normalized spacial score (nSPS) is 28.1. The van der Waals surface area contributed by atoms with E-state index in [9.17, 15) is 61.0 Å². The van der Waals surface area contributed by atoms with Crippen LogP contribution >= 0.6 is 0 Å². The van der Waals surface area contributed by atoms with Gasteiger partial charge < -0.3 is 89.9 Å². The number of allylic oxidation sites excluding steroid dienone is 12. The number of unbranched alkanes of at least 4 members (excludes halogenated alkanes) is 27. The van der Waals surface area contributed by atoms with Crippen molar-refractivity contribution in [2.75, 3.05) is 26.4 Å². The highest BCUT2D eigenvalue weighted by Gasteiger charge is 2.53. The van der Waals surface area contributed by atoms with E-state index in [2.05, 4.69) is 92.1 Å². The van der Waals surface area contributed by atoms with Crippen LogP contribution in [0.25, 0.3) is 0 Å². The number of nitrogens with one attached hydrogen (secondary N) is 1. The first-order valence-electron chi connectivity index (χ1n) is 36.2. The standard InChI is InChI=1S/C73H129NO18/c1-3-5-7-9-11-13-15-16-17-18-19-20-21-22-23-24-25-26-27-28-29-30-31-32-33-34-35-36-37-38-39-40-41-43-45-47-49-51-61(79)74-56(57(78)50-48-46-44-42-14-12-10-8-6-4-2)55-87-71-67(85)64(82)69(59(53-76)89-71)92-73-68(86)65(83)70(60(54-77)90-73)91-72-66(84)63(81)62(80)58(52-75)88-72/h5,7,11,13,16-17,19-20,22-23,25-26,56-60,62-73,75-78,80-86H,3-4,6,8-10,12,14-15,18,21,24,27-55H2,1-2H3,(H,74,79)/b7-5-,13-11-,17-16-,20-19-,23-22-,26-25-. The molecule has 19 heteroatoms. The number of hydrogen-bond donors (Lipinski definition) is 12. The van der Waals surface area contributed by atoms with Crippen LogP contribution in [0.4, 0.5) is 0 Å². The highest BCUT2D eigenvalue weighted by molar-refractivity contribution is 5.76. The lowest BCUT2D eigenvalue weighted by molar-refractivity contribution is -0.379. The molecule has 3 aliphatic heterocycles. The number of aliphatic hydroxyl groups is 11. The van der Waals surface area contributed by atoms with Gasteiger partial charge in [-0.1, -0.05) is 254 Å². The zero-order valence-corrected chi connectivity index (χ0v) is 56.5. The molecule has 0 saturated carbocycles. The molecule has 19 nitrogen and oxygen atoms in total. The molecule has 0 aliphatic carbocycles. The van der Waals surface area contributed by atoms with Crippen LogP contribution in [0.3, 0.4) is 0 Å². The minimum atomic E-state index is -1.97. The molecule has 17 atom stereocenters. The van der Waals surface area contributed by atoms with Gasteiger partial charge in [-0.2, -0.15) is 0 Å². The number of ether oxygens (including phenoxy) is 6. The van der Waals surface area contributed by atoms with Crippen LogP contribution in [0.1, 0.15) is 251 Å². The van der Waals surface area contributed by atoms with Gasteiger partial charge in [0, 0.05) is 6.42 Å². The molecule has 1 amide bonds. The smallest absolute Gasteiger partial charge is 0.220 e. The van der Waals surface area contributed by atoms with Gasteiger partial charge in [0.15, 0.2) is 18.9 Å². The zero-order chi connectivity index (χ0) is 66.8. The molecule has 3 saturated heterocycles. The quantitative estimate of drug-likeness (QED) is 0.0199. The molecule has 0 aromatic heterocycles. The van der Waals surface area contributed by atoms with Crippen molar-refractivity contribution in [3.63, 3.8) is 0 Å². The summed E-state index contributed by atoms with van der Waals surface area (Å²) < 4.78 is 34.3. The predicted molar refractivity (Wildman–Crippen MR) is 360 cm³/mol. The highest BCUT2D eigenvalue weighted by Crippen LogP contribution is 2.33. The SMILES string of the molecule is CC/C=C\C/C=C\C/C=C\C/C=C\C/C=C\C/C=C\CCCCCCCCCCCCCCCCCCCCC(=O)NC(COC1OC(CO)C(OC2OC(CO)C(OC3OC(CO)C(O)C(O)C3O)C(O)C2O)C(O)C1O)C(O)CCCCCCCCCCCC. The Balaban J connectivity index is 1.29. The molecule has 3 aliphatic rings. The van der Waals surface area contributed by atoms with E-state index in [0.29, 0.717) is 12.8 Å². The lowest BCUT2D eigenvalue weighted by Crippen LogP contribution is -2.66. The molecule has 0 aromatic carbocycles. The van der Waals surface area contributed by atoms with Crippen LogP contribution in [-0.2, 0) is 33.2 Å². The molecular formula is C73H129NO18. The number of rotatable bonds is 55. The summed E-state index contributed by atoms with van der Waals surface area (Å²) in [4.78, 5) is 13.4. The fourth-order valence-electron chi connectivity index (χ4n) is 12.0. The monoisotopic (exact) mass is 1310 g/mol. The predicted octanol–water partition coefficient (Wildman–Crippen LogP) is 10.1. The highest BCUT2D eigenvalue weighted by atomic mass is 16.8. The molecule has 0 spiro atoms. The number of amides is 1. The molecule has 92 heavy (non-hydrogen) atoms. The average molecular weight is 1310 g/mol. The lowest BCUT2D eigenvalue weighted by atomic mass is 9.96. The van der Waals surface area contributed by atoms with E-state index in [1.807, 2.05) is 0 Å². The second-order valence-electron chi connectivity index (χ2n) is 25.7. The maximum atomic E-state index is 13.4. The van der Waals surface area contributed by atoms with Gasteiger partial charge in [0.25, 0.3) is 0 Å². The van der Waals surface area contributed by atoms with Crippen molar-refractivity contribution in [2.45, 2.75) is 356 Å². The molecule has 3 rings (SSSR count). The Morgan fingerprint density at radius 1 is 0.402 bits per heavy atom. The van der Waals surface area contributed by atoms with Crippen molar-refractivity contribution < 1.29 is 89.4 Å². The average Bonchev–Trinajstić information content (AvgIpc) is 0.799. The van der Waals surface area contributed by atoms with Crippen molar-refractivity contribution in [3.05, 3.63) is 72.9 Å². The summed E-state index contributed by atoms with van der Waals surface area (Å²) in [5.41, 5.74) is 0. The van der Waals surface area contributed by atoms with E-state index in [1.165, 1.54) is 135 Å². The van der Waals surface area contributed by atoms with Gasteiger partial charge in [-0.3, -0.25) is 4.79 Å². The third-order valence-electron chi connectivity index (χ3n) is 17.8. The van der Waals surface area contributed by atoms with Crippen LogP contribution in [0.15, 0.2) is 72.9 Å². The van der Waals surface area contributed by atoms with Gasteiger partial charge in [-0.15, -0.1) is 0 Å². The summed E-state index contributed by atoms with van der Waals surface area (Å²) in [5.74, 6) is -0.244. The fourth-order valence-corrected chi connectivity index (χ4v) is 12.0. The van der Waals surface area contributed by atoms with Crippen molar-refractivity contribution in [1.29, 1.82) is 0 Å². The molecular weight excluding hydrogens is 1180 g/mol. The zero-order valence-electron chi connectivity index (χ0n) is 56.5. The van der Waals surface area contributed by atoms with Crippen LogP contribution in [0, 0.1) is 0 Å². The Hall–Kier alpha value is -2.77. The van der Waals surface area contributed by atoms with E-state index >= 15 is 0 Å². The number of aliphatic hydroxyl groups excluding tert-OH is 11. The second kappa shape index (κ2) is 54.3. The summed E-state index contributed by atoms with van der Waals surface area (Å²) in [7, 11) is 0. The second-order valence-corrected chi connectivity index (χ2v) is 25.7. The molecule has 0 bridgehead atoms. The first kappa shape index (κ1) is 83.5. The van der Waals surface area contributed by atoms with Crippen LogP contribution in [0.2, 0.25) is 0 Å². The van der Waals surface area contributed by atoms with Crippen molar-refractivity contribution in [2.24, 2.45) is 0 Å². The summed E-state index contributed by atoms with van der Waals surface area (Å²) >= 11 is 0. The van der Waals surface area contributed by atoms with Gasteiger partial charge in [0.05, 0.1) is 38.6 Å². The molecule has 17 unspecified atom stereocenters. The van der Waals surface area contributed by atoms with E-state index in [0.717, 1.165) is 83.5 Å². The van der Waals surface area contributed by atoms with Gasteiger partial charge in [0.1, 0.15) is 73.2 Å². The number of carbonyl (C=O) groups is 1. The Kier molecular flexibility index (Phi) is 49.2.